The van der Waals surface area contributed by atoms with Gasteiger partial charge >= 0.3 is 11.9 Å². The fraction of sp³-hybridized carbons (Fsp3) is 0.138. The number of para-hydroxylation sites is 1. The van der Waals surface area contributed by atoms with Crippen LogP contribution in [-0.4, -0.2) is 40.5 Å². The molecular formula is C29H25N3O4. The molecule has 5 aromatic rings. The van der Waals surface area contributed by atoms with Crippen molar-refractivity contribution in [1.82, 2.24) is 14.3 Å². The molecule has 36 heavy (non-hydrogen) atoms. The molecule has 0 unspecified atom stereocenters. The van der Waals surface area contributed by atoms with E-state index in [0.717, 1.165) is 17.4 Å². The van der Waals surface area contributed by atoms with Crippen LogP contribution in [0, 0.1) is 6.92 Å². The molecule has 0 saturated heterocycles. The molecule has 7 nitrogen and oxygen atoms in total. The second-order valence-corrected chi connectivity index (χ2v) is 8.51. The Kier molecular flexibility index (Phi) is 6.12. The number of benzene rings is 3. The number of aromatic nitrogens is 3. The normalized spacial score (nSPS) is 11.0. The predicted octanol–water partition coefficient (Wildman–Crippen LogP) is 5.42. The number of carbonyl (C=O) groups is 2. The molecule has 7 heteroatoms. The summed E-state index contributed by atoms with van der Waals surface area (Å²) in [7, 11) is 2.55. The molecular weight excluding hydrogens is 454 g/mol. The van der Waals surface area contributed by atoms with Crippen LogP contribution in [0.15, 0.2) is 85.1 Å². The quantitative estimate of drug-likeness (QED) is 0.304. The average Bonchev–Trinajstić information content (AvgIpc) is 3.51. The maximum atomic E-state index is 12.9. The number of esters is 2. The third-order valence-electron chi connectivity index (χ3n) is 6.17. The summed E-state index contributed by atoms with van der Waals surface area (Å²) in [5, 5.41) is 5.68. The number of hydrogen-bond donors (Lipinski definition) is 0. The third-order valence-corrected chi connectivity index (χ3v) is 6.17. The molecule has 0 amide bonds. The Morgan fingerprint density at radius 1 is 0.861 bits per heavy atom. The summed E-state index contributed by atoms with van der Waals surface area (Å²) in [6, 6.07) is 25.5. The maximum Gasteiger partial charge on any atom is 0.357 e. The van der Waals surface area contributed by atoms with E-state index in [1.54, 1.807) is 12.1 Å². The van der Waals surface area contributed by atoms with E-state index >= 15 is 0 Å². The van der Waals surface area contributed by atoms with Gasteiger partial charge in [0.05, 0.1) is 19.9 Å². The summed E-state index contributed by atoms with van der Waals surface area (Å²) in [5.41, 5.74) is 5.22. The number of aryl methyl sites for hydroxylation is 1. The van der Waals surface area contributed by atoms with Crippen LogP contribution < -0.4 is 0 Å². The van der Waals surface area contributed by atoms with Gasteiger partial charge in [-0.25, -0.2) is 14.3 Å². The van der Waals surface area contributed by atoms with Crippen LogP contribution in [0.5, 0.6) is 0 Å². The van der Waals surface area contributed by atoms with Gasteiger partial charge in [-0.3, -0.25) is 0 Å². The Labute approximate surface area is 208 Å². The van der Waals surface area contributed by atoms with E-state index < -0.39 is 11.9 Å². The number of carbonyl (C=O) groups excluding carboxylic acids is 2. The van der Waals surface area contributed by atoms with E-state index in [4.69, 9.17) is 9.47 Å². The highest BCUT2D eigenvalue weighted by molar-refractivity contribution is 6.07. The van der Waals surface area contributed by atoms with Gasteiger partial charge < -0.3 is 14.0 Å². The van der Waals surface area contributed by atoms with E-state index in [0.29, 0.717) is 16.9 Å². The van der Waals surface area contributed by atoms with Crippen molar-refractivity contribution >= 4 is 22.8 Å². The van der Waals surface area contributed by atoms with Gasteiger partial charge in [-0.15, -0.1) is 0 Å². The summed E-state index contributed by atoms with van der Waals surface area (Å²) < 4.78 is 13.7. The SMILES string of the molecule is COC(=O)c1c(-c2ccc3c(ccn3Cc3ccc(C)cc3)c2)nn(-c2ccccc2)c1C(=O)OC. The summed E-state index contributed by atoms with van der Waals surface area (Å²) >= 11 is 0. The highest BCUT2D eigenvalue weighted by Gasteiger charge is 2.31. The lowest BCUT2D eigenvalue weighted by atomic mass is 10.0. The minimum absolute atomic E-state index is 0.0163. The van der Waals surface area contributed by atoms with E-state index in [2.05, 4.69) is 40.9 Å². The zero-order valence-corrected chi connectivity index (χ0v) is 20.3. The largest absolute Gasteiger partial charge is 0.465 e. The van der Waals surface area contributed by atoms with Crippen molar-refractivity contribution < 1.29 is 19.1 Å². The van der Waals surface area contributed by atoms with Crippen LogP contribution in [0.2, 0.25) is 0 Å². The molecule has 0 saturated carbocycles. The Hall–Kier alpha value is -4.65. The van der Waals surface area contributed by atoms with E-state index in [9.17, 15) is 9.59 Å². The van der Waals surface area contributed by atoms with E-state index in [-0.39, 0.29) is 11.3 Å². The molecule has 0 spiro atoms. The third kappa shape index (κ3) is 4.15. The molecule has 0 aliphatic heterocycles. The van der Waals surface area contributed by atoms with Gasteiger partial charge in [0.15, 0.2) is 5.69 Å². The Bertz CT molecular complexity index is 1560. The van der Waals surface area contributed by atoms with Crippen molar-refractivity contribution in [2.24, 2.45) is 0 Å². The number of fused-ring (bicyclic) bond motifs is 1. The fourth-order valence-electron chi connectivity index (χ4n) is 4.33. The van der Waals surface area contributed by atoms with Gasteiger partial charge in [-0.1, -0.05) is 54.1 Å². The average molecular weight is 480 g/mol. The number of methoxy groups -OCH3 is 2. The molecule has 180 valence electrons. The van der Waals surface area contributed by atoms with Crippen LogP contribution in [0.25, 0.3) is 27.8 Å². The van der Waals surface area contributed by atoms with Gasteiger partial charge in [0, 0.05) is 29.2 Å². The monoisotopic (exact) mass is 479 g/mol. The van der Waals surface area contributed by atoms with Crippen LogP contribution in [0.3, 0.4) is 0 Å². The molecule has 3 aromatic carbocycles. The molecule has 0 aliphatic carbocycles. The standard InChI is InChI=1S/C29H25N3O4/c1-19-9-11-20(12-10-19)18-31-16-15-21-17-22(13-14-24(21)31)26-25(28(33)35-2)27(29(34)36-3)32(30-26)23-7-5-4-6-8-23/h4-17H,18H2,1-3H3. The zero-order valence-electron chi connectivity index (χ0n) is 20.3. The van der Waals surface area contributed by atoms with Crippen LogP contribution in [0.1, 0.15) is 32.0 Å². The predicted molar refractivity (Wildman–Crippen MR) is 137 cm³/mol. The summed E-state index contributed by atoms with van der Waals surface area (Å²) in [5.74, 6) is -1.34. The Balaban J connectivity index is 1.63. The van der Waals surface area contributed by atoms with Crippen LogP contribution in [-0.2, 0) is 16.0 Å². The Morgan fingerprint density at radius 2 is 1.58 bits per heavy atom. The first-order valence-corrected chi connectivity index (χ1v) is 11.5. The number of nitrogens with zero attached hydrogens (tertiary/aromatic N) is 3. The van der Waals surface area contributed by atoms with Crippen molar-refractivity contribution in [3.05, 3.63) is 107 Å². The molecule has 0 aliphatic rings. The van der Waals surface area contributed by atoms with Gasteiger partial charge in [0.1, 0.15) is 11.3 Å². The lowest BCUT2D eigenvalue weighted by Crippen LogP contribution is -2.15. The van der Waals surface area contributed by atoms with Crippen LogP contribution >= 0.6 is 0 Å². The number of hydrogen-bond acceptors (Lipinski definition) is 5. The van der Waals surface area contributed by atoms with E-state index in [1.165, 1.54) is 30.0 Å². The molecule has 0 atom stereocenters. The zero-order chi connectivity index (χ0) is 25.2. The van der Waals surface area contributed by atoms with Gasteiger partial charge in [-0.05, 0) is 42.8 Å². The minimum Gasteiger partial charge on any atom is -0.465 e. The van der Waals surface area contributed by atoms with Gasteiger partial charge in [-0.2, -0.15) is 5.10 Å². The molecule has 0 radical (unpaired) electrons. The topological polar surface area (TPSA) is 75.4 Å². The lowest BCUT2D eigenvalue weighted by Gasteiger charge is -2.08. The number of rotatable bonds is 6. The minimum atomic E-state index is -0.677. The van der Waals surface area contributed by atoms with Crippen molar-refractivity contribution in [2.75, 3.05) is 14.2 Å². The van der Waals surface area contributed by atoms with E-state index in [1.807, 2.05) is 48.7 Å². The Morgan fingerprint density at radius 3 is 2.28 bits per heavy atom. The fourth-order valence-corrected chi connectivity index (χ4v) is 4.33. The lowest BCUT2D eigenvalue weighted by molar-refractivity contribution is 0.0549. The molecule has 0 N–H and O–H groups in total. The van der Waals surface area contributed by atoms with Crippen molar-refractivity contribution in [3.63, 3.8) is 0 Å². The summed E-state index contributed by atoms with van der Waals surface area (Å²) in [6.45, 7) is 2.81. The smallest absolute Gasteiger partial charge is 0.357 e. The maximum absolute atomic E-state index is 12.9. The van der Waals surface area contributed by atoms with Crippen molar-refractivity contribution in [3.8, 4) is 16.9 Å². The first-order chi connectivity index (χ1) is 17.5. The van der Waals surface area contributed by atoms with Crippen molar-refractivity contribution in [2.45, 2.75) is 13.5 Å². The summed E-state index contributed by atoms with van der Waals surface area (Å²) in [4.78, 5) is 25.7. The first kappa shape index (κ1) is 23.1. The molecule has 2 aromatic heterocycles. The second kappa shape index (κ2) is 9.54. The highest BCUT2D eigenvalue weighted by Crippen LogP contribution is 2.31. The van der Waals surface area contributed by atoms with Gasteiger partial charge in [0.2, 0.25) is 0 Å². The van der Waals surface area contributed by atoms with Crippen LogP contribution in [0.4, 0.5) is 0 Å². The second-order valence-electron chi connectivity index (χ2n) is 8.51. The molecule has 0 bridgehead atoms. The molecule has 0 fully saturated rings. The first-order valence-electron chi connectivity index (χ1n) is 11.5. The van der Waals surface area contributed by atoms with Crippen molar-refractivity contribution in [1.29, 1.82) is 0 Å². The number of ether oxygens (including phenoxy) is 2. The molecule has 2 heterocycles. The van der Waals surface area contributed by atoms with Gasteiger partial charge in [0.25, 0.3) is 0 Å². The summed E-state index contributed by atoms with van der Waals surface area (Å²) in [6.07, 6.45) is 2.04. The highest BCUT2D eigenvalue weighted by atomic mass is 16.5. The molecule has 5 rings (SSSR count).